The number of nitrogens with one attached hydrogen (secondary N) is 1. The first-order chi connectivity index (χ1) is 9.83. The molecular weight excluding hydrogens is 337 g/mol. The molecule has 0 aromatic heterocycles. The molecule has 1 aromatic carbocycles. The van der Waals surface area contributed by atoms with Crippen LogP contribution in [0.4, 0.5) is 0 Å². The molecule has 0 aliphatic heterocycles. The highest BCUT2D eigenvalue weighted by molar-refractivity contribution is 7.89. The van der Waals surface area contributed by atoms with Gasteiger partial charge in [0, 0.05) is 6.04 Å². The molecular formula is C13H15Cl2NO4S. The Morgan fingerprint density at radius 3 is 2.33 bits per heavy atom. The minimum Gasteiger partial charge on any atom is -0.481 e. The van der Waals surface area contributed by atoms with Gasteiger partial charge in [-0.05, 0) is 25.0 Å². The van der Waals surface area contributed by atoms with Gasteiger partial charge in [-0.2, -0.15) is 0 Å². The van der Waals surface area contributed by atoms with Gasteiger partial charge in [0.15, 0.2) is 0 Å². The quantitative estimate of drug-likeness (QED) is 0.873. The molecule has 0 spiro atoms. The third-order valence-electron chi connectivity index (χ3n) is 3.58. The summed E-state index contributed by atoms with van der Waals surface area (Å²) in [5.41, 5.74) is 0. The van der Waals surface area contributed by atoms with Crippen molar-refractivity contribution in [1.82, 2.24) is 4.72 Å². The van der Waals surface area contributed by atoms with Crippen molar-refractivity contribution in [3.05, 3.63) is 28.2 Å². The highest BCUT2D eigenvalue weighted by atomic mass is 35.5. The molecule has 1 aliphatic rings. The fraction of sp³-hybridized carbons (Fsp3) is 0.462. The number of hydrogen-bond acceptors (Lipinski definition) is 3. The number of rotatable bonds is 4. The first kappa shape index (κ1) is 16.5. The predicted octanol–water partition coefficient (Wildman–Crippen LogP) is 2.92. The molecule has 5 nitrogen and oxygen atoms in total. The predicted molar refractivity (Wildman–Crippen MR) is 80.2 cm³/mol. The maximum absolute atomic E-state index is 12.4. The fourth-order valence-electron chi connectivity index (χ4n) is 2.56. The lowest BCUT2D eigenvalue weighted by atomic mass is 9.85. The molecule has 1 aromatic rings. The van der Waals surface area contributed by atoms with Crippen molar-refractivity contribution in [3.63, 3.8) is 0 Å². The third kappa shape index (κ3) is 3.69. The molecule has 2 N–H and O–H groups in total. The number of hydrogen-bond donors (Lipinski definition) is 2. The summed E-state index contributed by atoms with van der Waals surface area (Å²) < 4.78 is 27.3. The van der Waals surface area contributed by atoms with Crippen LogP contribution in [0.5, 0.6) is 0 Å². The zero-order valence-corrected chi connectivity index (χ0v) is 13.4. The van der Waals surface area contributed by atoms with Crippen LogP contribution < -0.4 is 4.72 Å². The van der Waals surface area contributed by atoms with E-state index in [2.05, 4.69) is 4.72 Å². The summed E-state index contributed by atoms with van der Waals surface area (Å²) in [5, 5.41) is 9.22. The molecule has 2 unspecified atom stereocenters. The number of carbonyl (C=O) groups is 1. The molecule has 21 heavy (non-hydrogen) atoms. The van der Waals surface area contributed by atoms with E-state index in [4.69, 9.17) is 23.2 Å². The largest absolute Gasteiger partial charge is 0.481 e. The Bertz CT molecular complexity index is 627. The number of carboxylic acid groups (broad SMARTS) is 1. The second-order valence-corrected chi connectivity index (χ2v) is 7.47. The van der Waals surface area contributed by atoms with Gasteiger partial charge in [0.05, 0.1) is 16.0 Å². The van der Waals surface area contributed by atoms with Crippen molar-refractivity contribution < 1.29 is 18.3 Å². The second kappa shape index (κ2) is 6.52. The number of benzene rings is 1. The maximum atomic E-state index is 12.4. The lowest BCUT2D eigenvalue weighted by Crippen LogP contribution is -2.45. The Kier molecular flexibility index (Phi) is 5.14. The van der Waals surface area contributed by atoms with Gasteiger partial charge in [0.25, 0.3) is 0 Å². The molecule has 1 aliphatic carbocycles. The van der Waals surface area contributed by atoms with Crippen molar-refractivity contribution >= 4 is 39.2 Å². The average molecular weight is 352 g/mol. The van der Waals surface area contributed by atoms with E-state index in [9.17, 15) is 18.3 Å². The van der Waals surface area contributed by atoms with E-state index < -0.39 is 28.0 Å². The summed E-state index contributed by atoms with van der Waals surface area (Å²) in [6, 6.07) is 3.76. The molecule has 8 heteroatoms. The van der Waals surface area contributed by atoms with Crippen LogP contribution >= 0.6 is 23.2 Å². The zero-order chi connectivity index (χ0) is 15.6. The number of sulfonamides is 1. The Balaban J connectivity index is 2.30. The lowest BCUT2D eigenvalue weighted by Gasteiger charge is -2.29. The highest BCUT2D eigenvalue weighted by Gasteiger charge is 2.35. The monoisotopic (exact) mass is 351 g/mol. The highest BCUT2D eigenvalue weighted by Crippen LogP contribution is 2.31. The van der Waals surface area contributed by atoms with Gasteiger partial charge < -0.3 is 5.11 Å². The molecule has 0 saturated heterocycles. The molecule has 2 atom stereocenters. The molecule has 116 valence electrons. The summed E-state index contributed by atoms with van der Waals surface area (Å²) in [4.78, 5) is 11.0. The fourth-order valence-corrected chi connectivity index (χ4v) is 5.02. The van der Waals surface area contributed by atoms with Crippen LogP contribution in [-0.2, 0) is 14.8 Å². The van der Waals surface area contributed by atoms with E-state index in [0.29, 0.717) is 12.8 Å². The molecule has 1 fully saturated rings. The van der Waals surface area contributed by atoms with E-state index in [1.807, 2.05) is 0 Å². The summed E-state index contributed by atoms with van der Waals surface area (Å²) in [7, 11) is -3.96. The third-order valence-corrected chi connectivity index (χ3v) is 6.02. The van der Waals surface area contributed by atoms with Gasteiger partial charge in [-0.25, -0.2) is 13.1 Å². The van der Waals surface area contributed by atoms with Gasteiger partial charge in [0.2, 0.25) is 10.0 Å². The zero-order valence-electron chi connectivity index (χ0n) is 11.1. The number of halogens is 2. The van der Waals surface area contributed by atoms with Crippen LogP contribution in [0.25, 0.3) is 0 Å². The molecule has 2 rings (SSSR count). The van der Waals surface area contributed by atoms with E-state index in [1.54, 1.807) is 6.07 Å². The van der Waals surface area contributed by atoms with Crippen molar-refractivity contribution in [3.8, 4) is 0 Å². The van der Waals surface area contributed by atoms with Gasteiger partial charge in [-0.1, -0.05) is 42.1 Å². The molecule has 0 amide bonds. The van der Waals surface area contributed by atoms with Crippen molar-refractivity contribution in [2.24, 2.45) is 5.92 Å². The average Bonchev–Trinajstić information content (AvgIpc) is 2.37. The molecule has 0 radical (unpaired) electrons. The van der Waals surface area contributed by atoms with Crippen LogP contribution in [-0.4, -0.2) is 25.5 Å². The van der Waals surface area contributed by atoms with Crippen LogP contribution in [0, 0.1) is 5.92 Å². The molecule has 0 heterocycles. The minimum absolute atomic E-state index is 0.0117. The number of aliphatic carboxylic acids is 1. The Morgan fingerprint density at radius 2 is 1.76 bits per heavy atom. The minimum atomic E-state index is -3.96. The van der Waals surface area contributed by atoms with Gasteiger partial charge >= 0.3 is 5.97 Å². The summed E-state index contributed by atoms with van der Waals surface area (Å²) in [5.74, 6) is -1.72. The standard InChI is InChI=1S/C13H15Cl2NO4S/c14-9-5-3-6-10(15)12(9)21(19,20)16-11-7-2-1-4-8(11)13(17)18/h3,5-6,8,11,16H,1-2,4,7H2,(H,17,18). The summed E-state index contributed by atoms with van der Waals surface area (Å²) in [6.07, 6.45) is 2.51. The van der Waals surface area contributed by atoms with E-state index >= 15 is 0 Å². The SMILES string of the molecule is O=C(O)C1CCCCC1NS(=O)(=O)c1c(Cl)cccc1Cl. The van der Waals surface area contributed by atoms with E-state index in [-0.39, 0.29) is 14.9 Å². The van der Waals surface area contributed by atoms with E-state index in [0.717, 1.165) is 12.8 Å². The van der Waals surface area contributed by atoms with Crippen LogP contribution in [0.2, 0.25) is 10.0 Å². The first-order valence-electron chi connectivity index (χ1n) is 6.52. The maximum Gasteiger partial charge on any atom is 0.308 e. The van der Waals surface area contributed by atoms with E-state index in [1.165, 1.54) is 12.1 Å². The topological polar surface area (TPSA) is 83.5 Å². The smallest absolute Gasteiger partial charge is 0.308 e. The van der Waals surface area contributed by atoms with Crippen LogP contribution in [0.1, 0.15) is 25.7 Å². The summed E-state index contributed by atoms with van der Waals surface area (Å²) >= 11 is 11.8. The second-order valence-electron chi connectivity index (χ2n) is 5.01. The lowest BCUT2D eigenvalue weighted by molar-refractivity contribution is -0.143. The van der Waals surface area contributed by atoms with Gasteiger partial charge in [0.1, 0.15) is 4.90 Å². The van der Waals surface area contributed by atoms with Crippen molar-refractivity contribution in [2.45, 2.75) is 36.6 Å². The summed E-state index contributed by atoms with van der Waals surface area (Å²) in [6.45, 7) is 0. The Morgan fingerprint density at radius 1 is 1.19 bits per heavy atom. The van der Waals surface area contributed by atoms with Crippen molar-refractivity contribution in [1.29, 1.82) is 0 Å². The normalized spacial score (nSPS) is 23.0. The molecule has 1 saturated carbocycles. The first-order valence-corrected chi connectivity index (χ1v) is 8.76. The number of carboxylic acids is 1. The van der Waals surface area contributed by atoms with Crippen LogP contribution in [0.3, 0.4) is 0 Å². The van der Waals surface area contributed by atoms with Crippen molar-refractivity contribution in [2.75, 3.05) is 0 Å². The van der Waals surface area contributed by atoms with Crippen LogP contribution in [0.15, 0.2) is 23.1 Å². The molecule has 0 bridgehead atoms. The van der Waals surface area contributed by atoms with Gasteiger partial charge in [-0.3, -0.25) is 4.79 Å². The Labute approximate surface area is 133 Å². The Hall–Kier alpha value is -0.820. The van der Waals surface area contributed by atoms with Gasteiger partial charge in [-0.15, -0.1) is 0 Å².